The van der Waals surface area contributed by atoms with Crippen molar-refractivity contribution in [2.24, 2.45) is 0 Å². The van der Waals surface area contributed by atoms with Crippen LogP contribution in [0.1, 0.15) is 25.0 Å². The third-order valence-electron chi connectivity index (χ3n) is 10.3. The van der Waals surface area contributed by atoms with E-state index in [9.17, 15) is 0 Å². The van der Waals surface area contributed by atoms with Crippen LogP contribution < -0.4 is 0 Å². The summed E-state index contributed by atoms with van der Waals surface area (Å²) in [5.41, 5.74) is 14.6. The largest absolute Gasteiger partial charge is 0.238 e. The Kier molecular flexibility index (Phi) is 7.83. The number of benzene rings is 7. The average molecular weight is 679 g/mol. The van der Waals surface area contributed by atoms with Gasteiger partial charge in [0.05, 0.1) is 6.57 Å². The van der Waals surface area contributed by atoms with Crippen LogP contribution >= 0.6 is 0 Å². The van der Waals surface area contributed by atoms with Crippen molar-refractivity contribution < 1.29 is 0 Å². The monoisotopic (exact) mass is 678 g/mol. The van der Waals surface area contributed by atoms with Crippen molar-refractivity contribution in [2.75, 3.05) is 0 Å². The number of fused-ring (bicyclic) bond motifs is 3. The van der Waals surface area contributed by atoms with Gasteiger partial charge in [-0.2, -0.15) is 0 Å². The lowest BCUT2D eigenvalue weighted by molar-refractivity contribution is 0.660. The average Bonchev–Trinajstić information content (AvgIpc) is 3.47. The number of hydrogen-bond donors (Lipinski definition) is 0. The lowest BCUT2D eigenvalue weighted by atomic mass is 9.82. The summed E-state index contributed by atoms with van der Waals surface area (Å²) in [6, 6.07) is 58.7. The molecular formula is C49H34N4. The first-order valence-corrected chi connectivity index (χ1v) is 17.8. The highest BCUT2D eigenvalue weighted by Gasteiger charge is 2.36. The highest BCUT2D eigenvalue weighted by atomic mass is 15.0. The molecule has 0 bridgehead atoms. The van der Waals surface area contributed by atoms with E-state index in [-0.39, 0.29) is 5.41 Å². The van der Waals surface area contributed by atoms with E-state index in [1.807, 2.05) is 54.6 Å². The Hall–Kier alpha value is -6.96. The first kappa shape index (κ1) is 32.0. The fourth-order valence-corrected chi connectivity index (χ4v) is 7.57. The minimum atomic E-state index is -0.164. The molecule has 4 heteroatoms. The van der Waals surface area contributed by atoms with Crippen LogP contribution in [0.25, 0.3) is 83.5 Å². The van der Waals surface area contributed by atoms with E-state index >= 15 is 0 Å². The summed E-state index contributed by atoms with van der Waals surface area (Å²) in [5.74, 6) is 1.85. The minimum Gasteiger partial charge on any atom is -0.238 e. The van der Waals surface area contributed by atoms with E-state index in [1.165, 1.54) is 11.1 Å². The summed E-state index contributed by atoms with van der Waals surface area (Å²) in [5, 5.41) is 0. The molecule has 0 spiro atoms. The molecule has 0 radical (unpaired) electrons. The van der Waals surface area contributed by atoms with Gasteiger partial charge in [-0.05, 0) is 79.9 Å². The number of rotatable bonds is 6. The van der Waals surface area contributed by atoms with Crippen LogP contribution in [0.15, 0.2) is 170 Å². The van der Waals surface area contributed by atoms with Gasteiger partial charge in [0.15, 0.2) is 23.2 Å². The summed E-state index contributed by atoms with van der Waals surface area (Å²) in [6.07, 6.45) is 0. The lowest BCUT2D eigenvalue weighted by Crippen LogP contribution is -2.14. The molecule has 0 unspecified atom stereocenters. The van der Waals surface area contributed by atoms with E-state index in [1.54, 1.807) is 0 Å². The van der Waals surface area contributed by atoms with Gasteiger partial charge in [0.1, 0.15) is 0 Å². The summed E-state index contributed by atoms with van der Waals surface area (Å²) >= 11 is 0. The van der Waals surface area contributed by atoms with Crippen molar-refractivity contribution in [1.82, 2.24) is 15.0 Å². The lowest BCUT2D eigenvalue weighted by Gasteiger charge is -2.21. The molecule has 1 heterocycles. The molecule has 250 valence electrons. The summed E-state index contributed by atoms with van der Waals surface area (Å²) in [4.78, 5) is 19.1. The van der Waals surface area contributed by atoms with Gasteiger partial charge in [-0.1, -0.05) is 159 Å². The Morgan fingerprint density at radius 1 is 0.396 bits per heavy atom. The molecule has 53 heavy (non-hydrogen) atoms. The number of aromatic nitrogens is 3. The van der Waals surface area contributed by atoms with E-state index in [0.29, 0.717) is 23.2 Å². The Balaban J connectivity index is 1.15. The van der Waals surface area contributed by atoms with E-state index < -0.39 is 0 Å². The molecule has 0 amide bonds. The molecule has 8 aromatic rings. The van der Waals surface area contributed by atoms with Crippen molar-refractivity contribution in [1.29, 1.82) is 0 Å². The van der Waals surface area contributed by atoms with Gasteiger partial charge in [0.2, 0.25) is 0 Å². The molecule has 1 aliphatic carbocycles. The Labute approximate surface area is 310 Å². The number of hydrogen-bond acceptors (Lipinski definition) is 3. The molecule has 7 aromatic carbocycles. The minimum absolute atomic E-state index is 0.164. The molecule has 0 atom stereocenters. The number of nitrogens with zero attached hydrogens (tertiary/aromatic N) is 4. The van der Waals surface area contributed by atoms with Crippen molar-refractivity contribution in [3.8, 4) is 78.7 Å². The van der Waals surface area contributed by atoms with Gasteiger partial charge in [0, 0.05) is 22.1 Å². The smallest absolute Gasteiger partial charge is 0.195 e. The van der Waals surface area contributed by atoms with Crippen molar-refractivity contribution >= 4 is 5.69 Å². The molecule has 4 nitrogen and oxygen atoms in total. The zero-order valence-corrected chi connectivity index (χ0v) is 29.5. The Bertz CT molecular complexity index is 2620. The SMILES string of the molecule is [C-]#[N+]c1cccc2c1-c1cc(-c3ccc(-c4nc(-c5ccccc5)nc(-c5cc(-c6ccccc6)cc(-c6ccccc6)c5)n4)cc3)ccc1C2(C)C. The van der Waals surface area contributed by atoms with Crippen molar-refractivity contribution in [3.05, 3.63) is 192 Å². The molecule has 0 saturated heterocycles. The summed E-state index contributed by atoms with van der Waals surface area (Å²) < 4.78 is 0. The van der Waals surface area contributed by atoms with Crippen molar-refractivity contribution in [3.63, 3.8) is 0 Å². The zero-order chi connectivity index (χ0) is 35.9. The molecule has 0 N–H and O–H groups in total. The van der Waals surface area contributed by atoms with E-state index in [4.69, 9.17) is 21.5 Å². The fourth-order valence-electron chi connectivity index (χ4n) is 7.57. The molecule has 9 rings (SSSR count). The highest BCUT2D eigenvalue weighted by Crippen LogP contribution is 2.53. The third-order valence-corrected chi connectivity index (χ3v) is 10.3. The van der Waals surface area contributed by atoms with Crippen LogP contribution in [-0.2, 0) is 5.41 Å². The zero-order valence-electron chi connectivity index (χ0n) is 29.5. The maximum atomic E-state index is 7.85. The Morgan fingerprint density at radius 3 is 1.42 bits per heavy atom. The second kappa shape index (κ2) is 13.0. The van der Waals surface area contributed by atoms with Crippen LogP contribution in [0.4, 0.5) is 5.69 Å². The standard InChI is InChI=1S/C49H34N4/c1-49(2)42-27-26-37(31-41(42)45-43(49)20-13-21-44(45)50-3)34-22-24-36(25-23-34)47-51-46(35-18-11-6-12-19-35)52-48(53-47)40-29-38(32-14-7-4-8-15-32)28-39(30-40)33-16-9-5-10-17-33/h4-31H,1-2H3. The first-order chi connectivity index (χ1) is 26.0. The summed E-state index contributed by atoms with van der Waals surface area (Å²) in [7, 11) is 0. The van der Waals surface area contributed by atoms with Gasteiger partial charge in [-0.3, -0.25) is 0 Å². The second-order valence-corrected chi connectivity index (χ2v) is 14.0. The predicted molar refractivity (Wildman–Crippen MR) is 216 cm³/mol. The highest BCUT2D eigenvalue weighted by molar-refractivity contribution is 5.92. The van der Waals surface area contributed by atoms with Crippen LogP contribution in [0.2, 0.25) is 0 Å². The molecule has 1 aliphatic rings. The van der Waals surface area contributed by atoms with Crippen LogP contribution in [0, 0.1) is 6.57 Å². The van der Waals surface area contributed by atoms with Gasteiger partial charge in [-0.15, -0.1) is 0 Å². The third kappa shape index (κ3) is 5.79. The predicted octanol–water partition coefficient (Wildman–Crippen LogP) is 12.7. The summed E-state index contributed by atoms with van der Waals surface area (Å²) in [6.45, 7) is 12.3. The topological polar surface area (TPSA) is 43.0 Å². The molecule has 1 aromatic heterocycles. The molecule has 0 aliphatic heterocycles. The second-order valence-electron chi connectivity index (χ2n) is 14.0. The molecular weight excluding hydrogens is 645 g/mol. The van der Waals surface area contributed by atoms with Gasteiger partial charge in [0.25, 0.3) is 0 Å². The van der Waals surface area contributed by atoms with E-state index in [0.717, 1.165) is 61.2 Å². The van der Waals surface area contributed by atoms with Crippen LogP contribution in [0.3, 0.4) is 0 Å². The van der Waals surface area contributed by atoms with E-state index in [2.05, 4.69) is 134 Å². The quantitative estimate of drug-likeness (QED) is 0.164. The maximum absolute atomic E-state index is 7.85. The fraction of sp³-hybridized carbons (Fsp3) is 0.0612. The van der Waals surface area contributed by atoms with Gasteiger partial charge in [-0.25, -0.2) is 19.8 Å². The molecule has 0 fully saturated rings. The van der Waals surface area contributed by atoms with Gasteiger partial charge < -0.3 is 0 Å². The van der Waals surface area contributed by atoms with Gasteiger partial charge >= 0.3 is 0 Å². The first-order valence-electron chi connectivity index (χ1n) is 17.8. The Morgan fingerprint density at radius 2 is 0.849 bits per heavy atom. The van der Waals surface area contributed by atoms with Crippen LogP contribution in [-0.4, -0.2) is 15.0 Å². The van der Waals surface area contributed by atoms with Crippen LogP contribution in [0.5, 0.6) is 0 Å². The maximum Gasteiger partial charge on any atom is 0.195 e. The molecule has 0 saturated carbocycles. The normalized spacial score (nSPS) is 12.5. The van der Waals surface area contributed by atoms with Crippen molar-refractivity contribution in [2.45, 2.75) is 19.3 Å².